The lowest BCUT2D eigenvalue weighted by molar-refractivity contribution is -0.130. The van der Waals surface area contributed by atoms with Crippen molar-refractivity contribution in [1.29, 1.82) is 0 Å². The summed E-state index contributed by atoms with van der Waals surface area (Å²) in [6.45, 7) is 2.40. The summed E-state index contributed by atoms with van der Waals surface area (Å²) < 4.78 is 2.13. The quantitative estimate of drug-likeness (QED) is 0.923. The highest BCUT2D eigenvalue weighted by atomic mass is 16.3. The summed E-state index contributed by atoms with van der Waals surface area (Å²) in [6, 6.07) is 10.3. The molecule has 0 bridgehead atoms. The third-order valence-corrected chi connectivity index (χ3v) is 4.14. The largest absolute Gasteiger partial charge is 0.396 e. The van der Waals surface area contributed by atoms with Crippen LogP contribution < -0.4 is 0 Å². The molecule has 0 saturated carbocycles. The molecule has 0 radical (unpaired) electrons. The number of nitrogens with zero attached hydrogens (tertiary/aromatic N) is 2. The van der Waals surface area contributed by atoms with E-state index < -0.39 is 0 Å². The fourth-order valence-corrected chi connectivity index (χ4v) is 2.92. The molecule has 1 N–H and O–H groups in total. The molecule has 1 unspecified atom stereocenters. The highest BCUT2D eigenvalue weighted by molar-refractivity contribution is 5.80. The molecule has 2 heterocycles. The molecular formula is C16H20N2O2. The van der Waals surface area contributed by atoms with Crippen LogP contribution in [-0.4, -0.2) is 40.2 Å². The molecule has 4 heteroatoms. The van der Waals surface area contributed by atoms with Gasteiger partial charge in [0, 0.05) is 50.3 Å². The lowest BCUT2D eigenvalue weighted by Gasteiger charge is -2.16. The van der Waals surface area contributed by atoms with Gasteiger partial charge in [0.25, 0.3) is 0 Å². The predicted molar refractivity (Wildman–Crippen MR) is 78.3 cm³/mol. The number of para-hydroxylation sites is 1. The summed E-state index contributed by atoms with van der Waals surface area (Å²) in [6.07, 6.45) is 3.49. The van der Waals surface area contributed by atoms with Gasteiger partial charge in [0.05, 0.1) is 0 Å². The molecular weight excluding hydrogens is 252 g/mol. The van der Waals surface area contributed by atoms with Crippen LogP contribution in [-0.2, 0) is 11.3 Å². The molecule has 20 heavy (non-hydrogen) atoms. The highest BCUT2D eigenvalue weighted by Gasteiger charge is 2.25. The van der Waals surface area contributed by atoms with Gasteiger partial charge in [-0.15, -0.1) is 0 Å². The van der Waals surface area contributed by atoms with E-state index >= 15 is 0 Å². The topological polar surface area (TPSA) is 45.5 Å². The number of rotatable bonds is 4. The van der Waals surface area contributed by atoms with Gasteiger partial charge in [-0.2, -0.15) is 0 Å². The van der Waals surface area contributed by atoms with E-state index in [9.17, 15) is 4.79 Å². The molecule has 1 saturated heterocycles. The predicted octanol–water partition coefficient (Wildman–Crippen LogP) is 1.87. The van der Waals surface area contributed by atoms with Gasteiger partial charge in [-0.25, -0.2) is 0 Å². The van der Waals surface area contributed by atoms with Gasteiger partial charge in [0.1, 0.15) is 0 Å². The number of hydrogen-bond acceptors (Lipinski definition) is 2. The normalized spacial score (nSPS) is 18.9. The first-order chi connectivity index (χ1) is 9.78. The fraction of sp³-hybridized carbons (Fsp3) is 0.438. The van der Waals surface area contributed by atoms with E-state index in [1.807, 2.05) is 23.2 Å². The number of fused-ring (bicyclic) bond motifs is 1. The SMILES string of the molecule is O=C(CCn1ccc2ccccc21)N1CCC(CO)C1. The lowest BCUT2D eigenvalue weighted by atomic mass is 10.1. The highest BCUT2D eigenvalue weighted by Crippen LogP contribution is 2.18. The molecule has 1 amide bonds. The standard InChI is InChI=1S/C16H20N2O2/c19-12-13-5-8-18(11-13)16(20)7-10-17-9-6-14-3-1-2-4-15(14)17/h1-4,6,9,13,19H,5,7-8,10-12H2. The van der Waals surface area contributed by atoms with E-state index in [1.165, 1.54) is 10.9 Å². The van der Waals surface area contributed by atoms with E-state index in [1.54, 1.807) is 0 Å². The molecule has 1 fully saturated rings. The van der Waals surface area contributed by atoms with Gasteiger partial charge in [0.2, 0.25) is 5.91 Å². The first-order valence-electron chi connectivity index (χ1n) is 7.20. The average molecular weight is 272 g/mol. The maximum Gasteiger partial charge on any atom is 0.224 e. The van der Waals surface area contributed by atoms with E-state index in [4.69, 9.17) is 5.11 Å². The van der Waals surface area contributed by atoms with Crippen LogP contribution in [0.15, 0.2) is 36.5 Å². The molecule has 2 aromatic rings. The molecule has 1 aromatic heterocycles. The van der Waals surface area contributed by atoms with Gasteiger partial charge < -0.3 is 14.6 Å². The smallest absolute Gasteiger partial charge is 0.224 e. The molecule has 1 aliphatic heterocycles. The number of aryl methyl sites for hydroxylation is 1. The van der Waals surface area contributed by atoms with Crippen LogP contribution in [0.4, 0.5) is 0 Å². The Bertz CT molecular complexity index is 605. The number of aromatic nitrogens is 1. The van der Waals surface area contributed by atoms with Crippen molar-refractivity contribution in [2.45, 2.75) is 19.4 Å². The summed E-state index contributed by atoms with van der Waals surface area (Å²) in [4.78, 5) is 14.1. The molecule has 3 rings (SSSR count). The molecule has 0 aliphatic carbocycles. The fourth-order valence-electron chi connectivity index (χ4n) is 2.92. The van der Waals surface area contributed by atoms with E-state index in [0.717, 1.165) is 13.0 Å². The Balaban J connectivity index is 1.61. The maximum atomic E-state index is 12.2. The summed E-state index contributed by atoms with van der Waals surface area (Å²) in [5.41, 5.74) is 1.18. The second-order valence-electron chi connectivity index (χ2n) is 5.49. The lowest BCUT2D eigenvalue weighted by Crippen LogP contribution is -2.29. The molecule has 1 atom stereocenters. The van der Waals surface area contributed by atoms with Crippen LogP contribution in [0.2, 0.25) is 0 Å². The minimum Gasteiger partial charge on any atom is -0.396 e. The van der Waals surface area contributed by atoms with Crippen molar-refractivity contribution in [3.05, 3.63) is 36.5 Å². The molecule has 106 valence electrons. The van der Waals surface area contributed by atoms with Crippen molar-refractivity contribution in [3.8, 4) is 0 Å². The van der Waals surface area contributed by atoms with Crippen molar-refractivity contribution in [1.82, 2.24) is 9.47 Å². The number of benzene rings is 1. The number of aliphatic hydroxyl groups excluding tert-OH is 1. The average Bonchev–Trinajstić information content (AvgIpc) is 3.11. The zero-order chi connectivity index (χ0) is 13.9. The van der Waals surface area contributed by atoms with Crippen molar-refractivity contribution in [3.63, 3.8) is 0 Å². The van der Waals surface area contributed by atoms with Crippen LogP contribution in [0, 0.1) is 5.92 Å². The van der Waals surface area contributed by atoms with Crippen LogP contribution in [0.5, 0.6) is 0 Å². The first kappa shape index (κ1) is 13.2. The van der Waals surface area contributed by atoms with Gasteiger partial charge in [-0.3, -0.25) is 4.79 Å². The van der Waals surface area contributed by atoms with E-state index in [2.05, 4.69) is 22.8 Å². The summed E-state index contributed by atoms with van der Waals surface area (Å²) >= 11 is 0. The summed E-state index contributed by atoms with van der Waals surface area (Å²) in [5, 5.41) is 10.3. The first-order valence-corrected chi connectivity index (χ1v) is 7.20. The Morgan fingerprint density at radius 3 is 2.95 bits per heavy atom. The molecule has 4 nitrogen and oxygen atoms in total. The van der Waals surface area contributed by atoms with Crippen LogP contribution in [0.1, 0.15) is 12.8 Å². The minimum absolute atomic E-state index is 0.187. The van der Waals surface area contributed by atoms with E-state index in [-0.39, 0.29) is 18.4 Å². The van der Waals surface area contributed by atoms with Crippen LogP contribution in [0.25, 0.3) is 10.9 Å². The monoisotopic (exact) mass is 272 g/mol. The summed E-state index contributed by atoms with van der Waals surface area (Å²) in [5.74, 6) is 0.463. The van der Waals surface area contributed by atoms with Crippen molar-refractivity contribution < 1.29 is 9.90 Å². The van der Waals surface area contributed by atoms with Crippen molar-refractivity contribution in [2.24, 2.45) is 5.92 Å². The van der Waals surface area contributed by atoms with Gasteiger partial charge in [0.15, 0.2) is 0 Å². The Hall–Kier alpha value is -1.81. The number of carbonyl (C=O) groups is 1. The third kappa shape index (κ3) is 2.56. The van der Waals surface area contributed by atoms with Crippen LogP contribution in [0.3, 0.4) is 0 Å². The number of likely N-dealkylation sites (tertiary alicyclic amines) is 1. The van der Waals surface area contributed by atoms with Gasteiger partial charge in [-0.1, -0.05) is 18.2 Å². The Morgan fingerprint density at radius 2 is 2.15 bits per heavy atom. The number of amides is 1. The maximum absolute atomic E-state index is 12.2. The Kier molecular flexibility index (Phi) is 3.74. The zero-order valence-corrected chi connectivity index (χ0v) is 11.5. The molecule has 1 aromatic carbocycles. The van der Waals surface area contributed by atoms with Gasteiger partial charge >= 0.3 is 0 Å². The number of carbonyl (C=O) groups excluding carboxylic acids is 1. The van der Waals surface area contributed by atoms with Crippen molar-refractivity contribution in [2.75, 3.05) is 19.7 Å². The Labute approximate surface area is 118 Å². The molecule has 0 spiro atoms. The third-order valence-electron chi connectivity index (χ3n) is 4.14. The number of aliphatic hydroxyl groups is 1. The number of hydrogen-bond donors (Lipinski definition) is 1. The second-order valence-corrected chi connectivity index (χ2v) is 5.49. The molecule has 1 aliphatic rings. The van der Waals surface area contributed by atoms with Crippen molar-refractivity contribution >= 4 is 16.8 Å². The zero-order valence-electron chi connectivity index (χ0n) is 11.5. The van der Waals surface area contributed by atoms with Crippen LogP contribution >= 0.6 is 0 Å². The second kappa shape index (κ2) is 5.67. The summed E-state index contributed by atoms with van der Waals surface area (Å²) in [7, 11) is 0. The Morgan fingerprint density at radius 1 is 1.30 bits per heavy atom. The van der Waals surface area contributed by atoms with Gasteiger partial charge in [-0.05, 0) is 23.9 Å². The van der Waals surface area contributed by atoms with E-state index in [0.29, 0.717) is 19.5 Å². The minimum atomic E-state index is 0.187.